The molecule has 1 N–H and O–H groups in total. The number of nitrogens with zero attached hydrogens (tertiary/aromatic N) is 3. The van der Waals surface area contributed by atoms with Crippen molar-refractivity contribution >= 4 is 11.6 Å². The van der Waals surface area contributed by atoms with Crippen LogP contribution in [0.1, 0.15) is 26.2 Å². The Bertz CT molecular complexity index is 379. The first-order chi connectivity index (χ1) is 7.66. The van der Waals surface area contributed by atoms with Gasteiger partial charge in [-0.3, -0.25) is 10.1 Å². The molecule has 0 amide bonds. The molecule has 0 bridgehead atoms. The molecule has 2 atom stereocenters. The molecule has 1 aromatic rings. The molecule has 1 aliphatic rings. The molecule has 0 radical (unpaired) electrons. The van der Waals surface area contributed by atoms with E-state index in [1.54, 1.807) is 0 Å². The van der Waals surface area contributed by atoms with Gasteiger partial charge in [-0.05, 0) is 18.8 Å². The zero-order valence-corrected chi connectivity index (χ0v) is 9.09. The highest BCUT2D eigenvalue weighted by Crippen LogP contribution is 2.27. The minimum Gasteiger partial charge on any atom is -0.351 e. The van der Waals surface area contributed by atoms with Crippen molar-refractivity contribution < 1.29 is 4.92 Å². The summed E-state index contributed by atoms with van der Waals surface area (Å²) in [5, 5.41) is 13.6. The van der Waals surface area contributed by atoms with Crippen LogP contribution in [0.15, 0.2) is 12.4 Å². The van der Waals surface area contributed by atoms with E-state index in [1.165, 1.54) is 25.2 Å². The van der Waals surface area contributed by atoms with Gasteiger partial charge in [0.1, 0.15) is 12.4 Å². The van der Waals surface area contributed by atoms with Crippen molar-refractivity contribution in [2.45, 2.75) is 32.2 Å². The van der Waals surface area contributed by atoms with E-state index in [0.717, 1.165) is 6.42 Å². The first-order valence-electron chi connectivity index (χ1n) is 5.40. The average Bonchev–Trinajstić information content (AvgIpc) is 2.65. The third-order valence-electron chi connectivity index (χ3n) is 3.03. The van der Waals surface area contributed by atoms with Crippen LogP contribution >= 0.6 is 0 Å². The molecule has 16 heavy (non-hydrogen) atoms. The predicted molar refractivity (Wildman–Crippen MR) is 59.1 cm³/mol. The second-order valence-corrected chi connectivity index (χ2v) is 4.18. The first-order valence-corrected chi connectivity index (χ1v) is 5.40. The van der Waals surface area contributed by atoms with E-state index in [1.807, 2.05) is 0 Å². The second-order valence-electron chi connectivity index (χ2n) is 4.18. The fourth-order valence-electron chi connectivity index (χ4n) is 2.02. The minimum absolute atomic E-state index is 0.0787. The summed E-state index contributed by atoms with van der Waals surface area (Å²) in [5.74, 6) is 1.09. The van der Waals surface area contributed by atoms with Gasteiger partial charge in [0, 0.05) is 6.04 Å². The van der Waals surface area contributed by atoms with E-state index < -0.39 is 4.92 Å². The van der Waals surface area contributed by atoms with Gasteiger partial charge >= 0.3 is 5.69 Å². The molecule has 1 fully saturated rings. The molecule has 6 nitrogen and oxygen atoms in total. The van der Waals surface area contributed by atoms with Gasteiger partial charge in [0.15, 0.2) is 0 Å². The Hall–Kier alpha value is -1.72. The molecule has 0 saturated heterocycles. The second kappa shape index (κ2) is 4.42. The quantitative estimate of drug-likeness (QED) is 0.624. The summed E-state index contributed by atoms with van der Waals surface area (Å²) in [6.45, 7) is 2.19. The maximum Gasteiger partial charge on any atom is 0.305 e. The Labute approximate surface area is 93.3 Å². The highest BCUT2D eigenvalue weighted by Gasteiger charge is 2.23. The first kappa shape index (κ1) is 10.8. The zero-order valence-electron chi connectivity index (χ0n) is 9.09. The molecule has 2 unspecified atom stereocenters. The van der Waals surface area contributed by atoms with Crippen molar-refractivity contribution in [1.82, 2.24) is 9.97 Å². The van der Waals surface area contributed by atoms with Crippen LogP contribution < -0.4 is 5.32 Å². The summed E-state index contributed by atoms with van der Waals surface area (Å²) < 4.78 is 0. The third kappa shape index (κ3) is 2.26. The lowest BCUT2D eigenvalue weighted by molar-refractivity contribution is -0.385. The van der Waals surface area contributed by atoms with Crippen molar-refractivity contribution in [1.29, 1.82) is 0 Å². The Morgan fingerprint density at radius 3 is 2.62 bits per heavy atom. The highest BCUT2D eigenvalue weighted by molar-refractivity contribution is 5.31. The van der Waals surface area contributed by atoms with Crippen molar-refractivity contribution in [3.63, 3.8) is 0 Å². The van der Waals surface area contributed by atoms with Crippen LogP contribution in [-0.4, -0.2) is 20.9 Å². The molecule has 1 saturated carbocycles. The number of aromatic nitrogens is 2. The molecule has 1 aliphatic carbocycles. The smallest absolute Gasteiger partial charge is 0.305 e. The van der Waals surface area contributed by atoms with Gasteiger partial charge < -0.3 is 5.32 Å². The molecule has 0 aliphatic heterocycles. The van der Waals surface area contributed by atoms with E-state index in [0.29, 0.717) is 17.9 Å². The monoisotopic (exact) mass is 222 g/mol. The van der Waals surface area contributed by atoms with Crippen LogP contribution in [0.4, 0.5) is 11.6 Å². The number of anilines is 1. The van der Waals surface area contributed by atoms with Crippen LogP contribution in [0.25, 0.3) is 0 Å². The number of rotatable bonds is 3. The Morgan fingerprint density at radius 2 is 2.12 bits per heavy atom. The van der Waals surface area contributed by atoms with Gasteiger partial charge in [0.25, 0.3) is 0 Å². The summed E-state index contributed by atoms with van der Waals surface area (Å²) in [6, 6.07) is 0.390. The van der Waals surface area contributed by atoms with Crippen molar-refractivity contribution in [3.05, 3.63) is 22.5 Å². The van der Waals surface area contributed by atoms with Crippen LogP contribution in [0, 0.1) is 16.0 Å². The van der Waals surface area contributed by atoms with E-state index in [2.05, 4.69) is 22.2 Å². The molecule has 0 aromatic carbocycles. The summed E-state index contributed by atoms with van der Waals surface area (Å²) in [7, 11) is 0. The number of hydrogen-bond donors (Lipinski definition) is 1. The summed E-state index contributed by atoms with van der Waals surface area (Å²) in [4.78, 5) is 17.8. The van der Waals surface area contributed by atoms with Gasteiger partial charge in [-0.25, -0.2) is 9.97 Å². The molecule has 86 valence electrons. The standard InChI is InChI=1S/C10H14N4O2/c1-7-3-2-4-9(7)13-10-11-5-8(6-12-10)14(15)16/h5-7,9H,2-4H2,1H3,(H,11,12,13). The lowest BCUT2D eigenvalue weighted by atomic mass is 10.1. The number of nitrogens with one attached hydrogen (secondary N) is 1. The summed E-state index contributed by atoms with van der Waals surface area (Å²) in [6.07, 6.45) is 6.00. The molecule has 6 heteroatoms. The van der Waals surface area contributed by atoms with E-state index >= 15 is 0 Å². The molecule has 2 rings (SSSR count). The van der Waals surface area contributed by atoms with E-state index in [-0.39, 0.29) is 5.69 Å². The predicted octanol–water partition coefficient (Wildman–Crippen LogP) is 1.99. The molecular formula is C10H14N4O2. The van der Waals surface area contributed by atoms with Crippen molar-refractivity contribution in [3.8, 4) is 0 Å². The Balaban J connectivity index is 2.02. The Morgan fingerprint density at radius 1 is 1.44 bits per heavy atom. The van der Waals surface area contributed by atoms with Crippen LogP contribution in [0.2, 0.25) is 0 Å². The van der Waals surface area contributed by atoms with Crippen molar-refractivity contribution in [2.75, 3.05) is 5.32 Å². The SMILES string of the molecule is CC1CCCC1Nc1ncc([N+](=O)[O-])cn1. The lowest BCUT2D eigenvalue weighted by Gasteiger charge is -2.16. The highest BCUT2D eigenvalue weighted by atomic mass is 16.6. The number of hydrogen-bond acceptors (Lipinski definition) is 5. The maximum absolute atomic E-state index is 10.4. The van der Waals surface area contributed by atoms with Gasteiger partial charge in [-0.1, -0.05) is 13.3 Å². The van der Waals surface area contributed by atoms with Crippen LogP contribution in [0.3, 0.4) is 0 Å². The van der Waals surface area contributed by atoms with Gasteiger partial charge in [-0.2, -0.15) is 0 Å². The van der Waals surface area contributed by atoms with E-state index in [9.17, 15) is 10.1 Å². The van der Waals surface area contributed by atoms with Crippen LogP contribution in [0.5, 0.6) is 0 Å². The van der Waals surface area contributed by atoms with Gasteiger partial charge in [0.2, 0.25) is 5.95 Å². The zero-order chi connectivity index (χ0) is 11.5. The maximum atomic E-state index is 10.4. The molecule has 0 spiro atoms. The van der Waals surface area contributed by atoms with Crippen molar-refractivity contribution in [2.24, 2.45) is 5.92 Å². The molecule has 1 heterocycles. The fraction of sp³-hybridized carbons (Fsp3) is 0.600. The van der Waals surface area contributed by atoms with Gasteiger partial charge in [-0.15, -0.1) is 0 Å². The normalized spacial score (nSPS) is 24.3. The molecular weight excluding hydrogens is 208 g/mol. The van der Waals surface area contributed by atoms with E-state index in [4.69, 9.17) is 0 Å². The lowest BCUT2D eigenvalue weighted by Crippen LogP contribution is -2.23. The third-order valence-corrected chi connectivity index (χ3v) is 3.03. The Kier molecular flexibility index (Phi) is 2.98. The van der Waals surface area contributed by atoms with Gasteiger partial charge in [0.05, 0.1) is 4.92 Å². The van der Waals surface area contributed by atoms with Crippen LogP contribution in [-0.2, 0) is 0 Å². The average molecular weight is 222 g/mol. The largest absolute Gasteiger partial charge is 0.351 e. The number of nitro groups is 1. The fourth-order valence-corrected chi connectivity index (χ4v) is 2.02. The molecule has 1 aromatic heterocycles. The minimum atomic E-state index is -0.498. The topological polar surface area (TPSA) is 81.0 Å². The summed E-state index contributed by atoms with van der Waals surface area (Å²) >= 11 is 0. The summed E-state index contributed by atoms with van der Waals surface area (Å²) in [5.41, 5.74) is -0.0787.